The fourth-order valence-electron chi connectivity index (χ4n) is 0.608. The quantitative estimate of drug-likeness (QED) is 0.519. The minimum absolute atomic E-state index is 0.315. The van der Waals surface area contributed by atoms with Gasteiger partial charge in [0.1, 0.15) is 0 Å². The molecule has 0 saturated heterocycles. The van der Waals surface area contributed by atoms with E-state index in [1.807, 2.05) is 0 Å². The molecule has 0 aliphatic heterocycles. The van der Waals surface area contributed by atoms with Gasteiger partial charge in [0.2, 0.25) is 0 Å². The maximum Gasteiger partial charge on any atom is 0.307 e. The summed E-state index contributed by atoms with van der Waals surface area (Å²) in [5.41, 5.74) is 0. The molecule has 0 spiro atoms. The Labute approximate surface area is 71.1 Å². The van der Waals surface area contributed by atoms with Gasteiger partial charge < -0.3 is 0 Å². The maximum absolute atomic E-state index is 12.2. The molecule has 0 aromatic heterocycles. The van der Waals surface area contributed by atoms with Crippen LogP contribution >= 0.6 is 15.9 Å². The summed E-state index contributed by atoms with van der Waals surface area (Å²) in [7, 11) is 0. The first-order valence-corrected chi connectivity index (χ1v) is 4.24. The van der Waals surface area contributed by atoms with Crippen LogP contribution in [0.25, 0.3) is 0 Å². The van der Waals surface area contributed by atoms with Gasteiger partial charge in [-0.25, -0.2) is 17.6 Å². The van der Waals surface area contributed by atoms with Crippen molar-refractivity contribution in [3.8, 4) is 0 Å². The molecule has 0 aliphatic carbocycles. The summed E-state index contributed by atoms with van der Waals surface area (Å²) in [4.78, 5) is 0. The number of alkyl halides is 5. The van der Waals surface area contributed by atoms with E-state index in [4.69, 9.17) is 0 Å². The van der Waals surface area contributed by atoms with E-state index in [-0.39, 0.29) is 0 Å². The molecule has 0 saturated carbocycles. The third-order valence-corrected chi connectivity index (χ3v) is 2.31. The molecule has 0 aromatic rings. The first-order valence-electron chi connectivity index (χ1n) is 3.12. The first kappa shape index (κ1) is 11.2. The second kappa shape index (κ2) is 4.28. The van der Waals surface area contributed by atoms with Gasteiger partial charge in [-0.15, -0.1) is 0 Å². The SMILES string of the molecule is CC(CBr)CC(F)(F)C(F)F. The summed E-state index contributed by atoms with van der Waals surface area (Å²) in [5, 5.41) is 0.315. The van der Waals surface area contributed by atoms with Crippen LogP contribution in [0, 0.1) is 5.92 Å². The van der Waals surface area contributed by atoms with Gasteiger partial charge in [0.05, 0.1) is 0 Å². The fraction of sp³-hybridized carbons (Fsp3) is 1.00. The number of halogens is 5. The summed E-state index contributed by atoms with van der Waals surface area (Å²) in [6.45, 7) is 1.49. The molecular weight excluding hydrogens is 228 g/mol. The molecular formula is C6H9BrF4. The summed E-state index contributed by atoms with van der Waals surface area (Å²) in [5.74, 6) is -4.27. The lowest BCUT2D eigenvalue weighted by atomic mass is 10.1. The van der Waals surface area contributed by atoms with Crippen molar-refractivity contribution in [3.05, 3.63) is 0 Å². The lowest BCUT2D eigenvalue weighted by Gasteiger charge is -2.17. The highest BCUT2D eigenvalue weighted by atomic mass is 79.9. The molecule has 0 heterocycles. The number of hydrogen-bond donors (Lipinski definition) is 0. The van der Waals surface area contributed by atoms with E-state index in [9.17, 15) is 17.6 Å². The van der Waals surface area contributed by atoms with Crippen LogP contribution in [0.2, 0.25) is 0 Å². The average molecular weight is 237 g/mol. The molecule has 0 N–H and O–H groups in total. The molecule has 0 radical (unpaired) electrons. The lowest BCUT2D eigenvalue weighted by molar-refractivity contribution is -0.138. The van der Waals surface area contributed by atoms with Gasteiger partial charge in [0.25, 0.3) is 0 Å². The predicted molar refractivity (Wildman–Crippen MR) is 38.5 cm³/mol. The van der Waals surface area contributed by atoms with Crippen LogP contribution < -0.4 is 0 Å². The zero-order valence-electron chi connectivity index (χ0n) is 5.96. The molecule has 0 fully saturated rings. The standard InChI is InChI=1S/C6H9BrF4/c1-4(3-7)2-6(10,11)5(8)9/h4-5H,2-3H2,1H3. The average Bonchev–Trinajstić information content (AvgIpc) is 1.86. The third kappa shape index (κ3) is 3.94. The van der Waals surface area contributed by atoms with E-state index in [2.05, 4.69) is 15.9 Å². The molecule has 0 bridgehead atoms. The van der Waals surface area contributed by atoms with Crippen LogP contribution in [0.5, 0.6) is 0 Å². The molecule has 0 amide bonds. The van der Waals surface area contributed by atoms with Crippen LogP contribution in [0.3, 0.4) is 0 Å². The van der Waals surface area contributed by atoms with Crippen LogP contribution in [-0.2, 0) is 0 Å². The second-order valence-corrected chi connectivity index (χ2v) is 3.17. The van der Waals surface area contributed by atoms with Gasteiger partial charge in [-0.1, -0.05) is 22.9 Å². The summed E-state index contributed by atoms with van der Waals surface area (Å²) >= 11 is 2.94. The van der Waals surface area contributed by atoms with Gasteiger partial charge in [-0.3, -0.25) is 0 Å². The van der Waals surface area contributed by atoms with E-state index >= 15 is 0 Å². The van der Waals surface area contributed by atoms with Gasteiger partial charge in [0, 0.05) is 11.8 Å². The second-order valence-electron chi connectivity index (χ2n) is 2.53. The summed E-state index contributed by atoms with van der Waals surface area (Å²) < 4.78 is 47.5. The van der Waals surface area contributed by atoms with E-state index in [0.29, 0.717) is 5.33 Å². The molecule has 11 heavy (non-hydrogen) atoms. The lowest BCUT2D eigenvalue weighted by Crippen LogP contribution is -2.29. The minimum atomic E-state index is -3.84. The number of hydrogen-bond acceptors (Lipinski definition) is 0. The molecule has 1 atom stereocenters. The predicted octanol–water partition coefficient (Wildman–Crippen LogP) is 3.31. The molecule has 0 aliphatic rings. The zero-order chi connectivity index (χ0) is 9.07. The molecule has 68 valence electrons. The maximum atomic E-state index is 12.2. The Morgan fingerprint density at radius 1 is 1.36 bits per heavy atom. The van der Waals surface area contributed by atoms with Crippen molar-refractivity contribution >= 4 is 15.9 Å². The van der Waals surface area contributed by atoms with Gasteiger partial charge in [-0.05, 0) is 5.92 Å². The van der Waals surface area contributed by atoms with Crippen LogP contribution in [-0.4, -0.2) is 17.7 Å². The molecule has 1 unspecified atom stereocenters. The van der Waals surface area contributed by atoms with Crippen LogP contribution in [0.15, 0.2) is 0 Å². The summed E-state index contributed by atoms with van der Waals surface area (Å²) in [6, 6.07) is 0. The molecule has 0 rings (SSSR count). The van der Waals surface area contributed by atoms with Crippen molar-refractivity contribution in [3.63, 3.8) is 0 Å². The molecule has 0 aromatic carbocycles. The fourth-order valence-corrected chi connectivity index (χ4v) is 0.837. The van der Waals surface area contributed by atoms with Crippen molar-refractivity contribution in [2.24, 2.45) is 5.92 Å². The Balaban J connectivity index is 3.90. The Morgan fingerprint density at radius 3 is 2.09 bits per heavy atom. The topological polar surface area (TPSA) is 0 Å². The Kier molecular flexibility index (Phi) is 4.36. The van der Waals surface area contributed by atoms with Crippen molar-refractivity contribution in [1.82, 2.24) is 0 Å². The van der Waals surface area contributed by atoms with Crippen LogP contribution in [0.4, 0.5) is 17.6 Å². The minimum Gasteiger partial charge on any atom is -0.204 e. The van der Waals surface area contributed by atoms with Crippen molar-refractivity contribution < 1.29 is 17.6 Å². The van der Waals surface area contributed by atoms with Gasteiger partial charge >= 0.3 is 12.3 Å². The van der Waals surface area contributed by atoms with E-state index in [0.717, 1.165) is 0 Å². The Hall–Kier alpha value is 0.200. The highest BCUT2D eigenvalue weighted by Gasteiger charge is 2.41. The highest BCUT2D eigenvalue weighted by molar-refractivity contribution is 9.09. The van der Waals surface area contributed by atoms with Gasteiger partial charge in [0.15, 0.2) is 0 Å². The third-order valence-electron chi connectivity index (χ3n) is 1.20. The van der Waals surface area contributed by atoms with Crippen molar-refractivity contribution in [2.75, 3.05) is 5.33 Å². The Morgan fingerprint density at radius 2 is 1.82 bits per heavy atom. The summed E-state index contributed by atoms with van der Waals surface area (Å²) in [6.07, 6.45) is -4.32. The monoisotopic (exact) mass is 236 g/mol. The van der Waals surface area contributed by atoms with E-state index < -0.39 is 24.7 Å². The highest BCUT2D eigenvalue weighted by Crippen LogP contribution is 2.30. The smallest absolute Gasteiger partial charge is 0.204 e. The van der Waals surface area contributed by atoms with Gasteiger partial charge in [-0.2, -0.15) is 0 Å². The van der Waals surface area contributed by atoms with E-state index in [1.54, 1.807) is 0 Å². The Bertz CT molecular complexity index is 115. The van der Waals surface area contributed by atoms with Crippen molar-refractivity contribution in [1.29, 1.82) is 0 Å². The number of rotatable bonds is 4. The first-order chi connectivity index (χ1) is 4.90. The molecule has 5 heteroatoms. The zero-order valence-corrected chi connectivity index (χ0v) is 7.54. The largest absolute Gasteiger partial charge is 0.307 e. The molecule has 0 nitrogen and oxygen atoms in total. The normalized spacial score (nSPS) is 15.5. The van der Waals surface area contributed by atoms with Crippen LogP contribution in [0.1, 0.15) is 13.3 Å². The van der Waals surface area contributed by atoms with Crippen molar-refractivity contribution in [2.45, 2.75) is 25.7 Å². The van der Waals surface area contributed by atoms with E-state index in [1.165, 1.54) is 6.92 Å².